The first-order valence-corrected chi connectivity index (χ1v) is 8.70. The normalized spacial score (nSPS) is 15.0. The van der Waals surface area contributed by atoms with E-state index in [2.05, 4.69) is 52.9 Å². The Labute approximate surface area is 149 Å². The highest BCUT2D eigenvalue weighted by molar-refractivity contribution is 5.53. The van der Waals surface area contributed by atoms with Crippen molar-refractivity contribution in [2.45, 2.75) is 13.8 Å². The number of hydrogen-bond donors (Lipinski definition) is 0. The number of ether oxygens (including phenoxy) is 1. The number of nitriles is 1. The van der Waals surface area contributed by atoms with Crippen LogP contribution in [0.25, 0.3) is 0 Å². The minimum Gasteiger partial charge on any atom is -0.492 e. The largest absolute Gasteiger partial charge is 0.492 e. The number of piperazine rings is 1. The molecule has 0 atom stereocenters. The Morgan fingerprint density at radius 2 is 1.80 bits per heavy atom. The lowest BCUT2D eigenvalue weighted by atomic mass is 10.1. The van der Waals surface area contributed by atoms with Gasteiger partial charge in [-0.05, 0) is 37.1 Å². The molecular formula is C20H24N4O. The van der Waals surface area contributed by atoms with Gasteiger partial charge in [0.05, 0.1) is 5.56 Å². The summed E-state index contributed by atoms with van der Waals surface area (Å²) in [6.45, 7) is 9.45. The highest BCUT2D eigenvalue weighted by Crippen LogP contribution is 2.22. The number of benzene rings is 1. The molecule has 3 rings (SSSR count). The van der Waals surface area contributed by atoms with Gasteiger partial charge >= 0.3 is 0 Å². The summed E-state index contributed by atoms with van der Waals surface area (Å²) in [5.74, 6) is 1.81. The average molecular weight is 336 g/mol. The van der Waals surface area contributed by atoms with Crippen LogP contribution in [0.1, 0.15) is 16.7 Å². The molecule has 2 heterocycles. The maximum absolute atomic E-state index is 9.23. The maximum atomic E-state index is 9.23. The zero-order valence-electron chi connectivity index (χ0n) is 14.9. The fraction of sp³-hybridized carbons (Fsp3) is 0.400. The predicted octanol–water partition coefficient (Wildman–Crippen LogP) is 2.77. The van der Waals surface area contributed by atoms with E-state index in [-0.39, 0.29) is 0 Å². The fourth-order valence-electron chi connectivity index (χ4n) is 3.22. The number of nitrogens with zero attached hydrogens (tertiary/aromatic N) is 4. The van der Waals surface area contributed by atoms with Crippen molar-refractivity contribution in [2.75, 3.05) is 44.2 Å². The average Bonchev–Trinajstić information content (AvgIpc) is 2.65. The number of aromatic nitrogens is 1. The lowest BCUT2D eigenvalue weighted by Crippen LogP contribution is -2.48. The molecule has 2 aromatic rings. The number of pyridine rings is 1. The molecule has 25 heavy (non-hydrogen) atoms. The van der Waals surface area contributed by atoms with E-state index < -0.39 is 0 Å². The molecule has 1 aliphatic heterocycles. The molecule has 1 aliphatic rings. The molecule has 1 aromatic heterocycles. The van der Waals surface area contributed by atoms with Crippen molar-refractivity contribution in [1.82, 2.24) is 9.88 Å². The third-order valence-electron chi connectivity index (χ3n) is 4.64. The van der Waals surface area contributed by atoms with Gasteiger partial charge < -0.3 is 9.64 Å². The summed E-state index contributed by atoms with van der Waals surface area (Å²) in [7, 11) is 0. The van der Waals surface area contributed by atoms with Crippen molar-refractivity contribution in [2.24, 2.45) is 0 Å². The lowest BCUT2D eigenvalue weighted by Gasteiger charge is -2.35. The Bertz CT molecular complexity index is 740. The van der Waals surface area contributed by atoms with Crippen molar-refractivity contribution >= 4 is 5.82 Å². The molecular weight excluding hydrogens is 312 g/mol. The Morgan fingerprint density at radius 3 is 2.48 bits per heavy atom. The monoisotopic (exact) mass is 336 g/mol. The SMILES string of the molecule is Cc1cccc(C)c1OCCN1CCN(c2ncccc2C#N)CC1. The molecule has 0 aliphatic carbocycles. The van der Waals surface area contributed by atoms with Crippen LogP contribution in [0.4, 0.5) is 5.82 Å². The second-order valence-electron chi connectivity index (χ2n) is 6.38. The fourth-order valence-corrected chi connectivity index (χ4v) is 3.22. The van der Waals surface area contributed by atoms with Crippen molar-refractivity contribution in [1.29, 1.82) is 5.26 Å². The van der Waals surface area contributed by atoms with E-state index in [0.29, 0.717) is 12.2 Å². The molecule has 5 nitrogen and oxygen atoms in total. The highest BCUT2D eigenvalue weighted by Gasteiger charge is 2.20. The quantitative estimate of drug-likeness (QED) is 0.840. The summed E-state index contributed by atoms with van der Waals surface area (Å²) >= 11 is 0. The van der Waals surface area contributed by atoms with Gasteiger partial charge in [0.25, 0.3) is 0 Å². The summed E-state index contributed by atoms with van der Waals surface area (Å²) < 4.78 is 6.01. The van der Waals surface area contributed by atoms with Gasteiger partial charge in [0.15, 0.2) is 0 Å². The topological polar surface area (TPSA) is 52.4 Å². The molecule has 0 spiro atoms. The van der Waals surface area contributed by atoms with Crippen LogP contribution in [0.15, 0.2) is 36.5 Å². The predicted molar refractivity (Wildman–Crippen MR) is 99.0 cm³/mol. The Hall–Kier alpha value is -2.58. The molecule has 0 N–H and O–H groups in total. The first-order valence-electron chi connectivity index (χ1n) is 8.70. The van der Waals surface area contributed by atoms with Gasteiger partial charge in [0, 0.05) is 38.9 Å². The second-order valence-corrected chi connectivity index (χ2v) is 6.38. The zero-order valence-corrected chi connectivity index (χ0v) is 14.9. The van der Waals surface area contributed by atoms with Crippen LogP contribution in [0.5, 0.6) is 5.75 Å². The smallest absolute Gasteiger partial charge is 0.146 e. The van der Waals surface area contributed by atoms with Gasteiger partial charge in [0.2, 0.25) is 0 Å². The van der Waals surface area contributed by atoms with Crippen LogP contribution in [-0.4, -0.2) is 49.2 Å². The van der Waals surface area contributed by atoms with E-state index in [0.717, 1.165) is 44.3 Å². The highest BCUT2D eigenvalue weighted by atomic mass is 16.5. The third-order valence-corrected chi connectivity index (χ3v) is 4.64. The molecule has 0 bridgehead atoms. The van der Waals surface area contributed by atoms with E-state index in [1.807, 2.05) is 12.1 Å². The molecule has 0 radical (unpaired) electrons. The minimum absolute atomic E-state index is 0.648. The molecule has 130 valence electrons. The Morgan fingerprint density at radius 1 is 1.08 bits per heavy atom. The van der Waals surface area contributed by atoms with Gasteiger partial charge in [-0.1, -0.05) is 18.2 Å². The van der Waals surface area contributed by atoms with E-state index >= 15 is 0 Å². The first kappa shape index (κ1) is 17.2. The number of hydrogen-bond acceptors (Lipinski definition) is 5. The molecule has 1 saturated heterocycles. The van der Waals surface area contributed by atoms with Gasteiger partial charge in [0.1, 0.15) is 24.2 Å². The summed E-state index contributed by atoms with van der Waals surface area (Å²) in [4.78, 5) is 8.98. The van der Waals surface area contributed by atoms with Gasteiger partial charge in [-0.25, -0.2) is 4.98 Å². The van der Waals surface area contributed by atoms with Gasteiger partial charge in [-0.3, -0.25) is 4.90 Å². The molecule has 1 fully saturated rings. The van der Waals surface area contributed by atoms with Crippen LogP contribution < -0.4 is 9.64 Å². The molecule has 1 aromatic carbocycles. The van der Waals surface area contributed by atoms with Crippen molar-refractivity contribution in [3.05, 3.63) is 53.2 Å². The first-order chi connectivity index (χ1) is 12.2. The zero-order chi connectivity index (χ0) is 17.6. The summed E-state index contributed by atoms with van der Waals surface area (Å²) in [5.41, 5.74) is 3.02. The van der Waals surface area contributed by atoms with E-state index in [9.17, 15) is 5.26 Å². The Kier molecular flexibility index (Phi) is 5.52. The van der Waals surface area contributed by atoms with Gasteiger partial charge in [-0.2, -0.15) is 5.26 Å². The maximum Gasteiger partial charge on any atom is 0.146 e. The molecule has 0 amide bonds. The summed E-state index contributed by atoms with van der Waals surface area (Å²) in [6, 6.07) is 12.1. The van der Waals surface area contributed by atoms with Crippen LogP contribution in [-0.2, 0) is 0 Å². The lowest BCUT2D eigenvalue weighted by molar-refractivity contribution is 0.199. The van der Waals surface area contributed by atoms with Crippen LogP contribution >= 0.6 is 0 Å². The molecule has 0 unspecified atom stereocenters. The number of para-hydroxylation sites is 1. The number of anilines is 1. The molecule has 0 saturated carbocycles. The van der Waals surface area contributed by atoms with Crippen LogP contribution in [0.3, 0.4) is 0 Å². The van der Waals surface area contributed by atoms with Gasteiger partial charge in [-0.15, -0.1) is 0 Å². The second kappa shape index (κ2) is 8.00. The van der Waals surface area contributed by atoms with E-state index in [1.54, 1.807) is 6.20 Å². The summed E-state index contributed by atoms with van der Waals surface area (Å²) in [6.07, 6.45) is 1.75. The molecule has 5 heteroatoms. The Balaban J connectivity index is 1.49. The third kappa shape index (κ3) is 4.09. The van der Waals surface area contributed by atoms with Crippen molar-refractivity contribution < 1.29 is 4.74 Å². The van der Waals surface area contributed by atoms with Crippen molar-refractivity contribution in [3.8, 4) is 11.8 Å². The summed E-state index contributed by atoms with van der Waals surface area (Å²) in [5, 5.41) is 9.23. The van der Waals surface area contributed by atoms with Crippen molar-refractivity contribution in [3.63, 3.8) is 0 Å². The van der Waals surface area contributed by atoms with Crippen LogP contribution in [0, 0.1) is 25.2 Å². The minimum atomic E-state index is 0.648. The van der Waals surface area contributed by atoms with E-state index in [4.69, 9.17) is 4.74 Å². The van der Waals surface area contributed by atoms with Crippen LogP contribution in [0.2, 0.25) is 0 Å². The number of rotatable bonds is 5. The van der Waals surface area contributed by atoms with E-state index in [1.165, 1.54) is 11.1 Å². The standard InChI is InChI=1S/C20H24N4O/c1-16-5-3-6-17(2)19(16)25-14-13-23-9-11-24(12-10-23)20-18(15-21)7-4-8-22-20/h3-8H,9-14H2,1-2H3. The number of aryl methyl sites for hydroxylation is 2.